The average Bonchev–Trinajstić information content (AvgIpc) is 3.30. The number of imide groups is 1. The quantitative estimate of drug-likeness (QED) is 0.725. The normalized spacial score (nSPS) is 21.3. The predicted molar refractivity (Wildman–Crippen MR) is 103 cm³/mol. The second-order valence-corrected chi connectivity index (χ2v) is 7.81. The molecule has 2 unspecified atom stereocenters. The summed E-state index contributed by atoms with van der Waals surface area (Å²) < 4.78 is 5.15. The van der Waals surface area contributed by atoms with Crippen molar-refractivity contribution in [3.63, 3.8) is 0 Å². The van der Waals surface area contributed by atoms with Gasteiger partial charge < -0.3 is 9.84 Å². The number of fused-ring (bicyclic) bond motifs is 1. The van der Waals surface area contributed by atoms with E-state index >= 15 is 0 Å². The maximum atomic E-state index is 12.4. The number of aromatic nitrogens is 2. The van der Waals surface area contributed by atoms with E-state index < -0.39 is 0 Å². The number of likely N-dealkylation sites (tertiary alicyclic amines) is 1. The highest BCUT2D eigenvalue weighted by atomic mass is 35.5. The van der Waals surface area contributed by atoms with Crippen LogP contribution in [0.1, 0.15) is 38.0 Å². The lowest BCUT2D eigenvalue weighted by Gasteiger charge is -2.19. The molecule has 2 heterocycles. The lowest BCUT2D eigenvalue weighted by Crippen LogP contribution is -2.35. The van der Waals surface area contributed by atoms with E-state index in [0.29, 0.717) is 10.8 Å². The van der Waals surface area contributed by atoms with Gasteiger partial charge in [0.25, 0.3) is 0 Å². The van der Waals surface area contributed by atoms with E-state index in [1.165, 1.54) is 4.90 Å². The minimum absolute atomic E-state index is 0.0507. The number of halogens is 1. The Hall–Kier alpha value is -2.74. The Morgan fingerprint density at radius 2 is 1.79 bits per heavy atom. The molecule has 0 spiro atoms. The molecule has 4 rings (SSSR count). The summed E-state index contributed by atoms with van der Waals surface area (Å²) >= 11 is 5.86. The van der Waals surface area contributed by atoms with Crippen LogP contribution in [0.2, 0.25) is 5.02 Å². The van der Waals surface area contributed by atoms with Crippen molar-refractivity contribution in [1.29, 1.82) is 0 Å². The molecule has 1 aromatic heterocycles. The number of hydrogen-bond donors (Lipinski definition) is 1. The lowest BCUT2D eigenvalue weighted by molar-refractivity contribution is -0.140. The van der Waals surface area contributed by atoms with E-state index in [1.54, 1.807) is 24.3 Å². The fourth-order valence-corrected chi connectivity index (χ4v) is 4.10. The van der Waals surface area contributed by atoms with Crippen molar-refractivity contribution in [2.45, 2.75) is 38.6 Å². The van der Waals surface area contributed by atoms with Crippen molar-refractivity contribution in [3.8, 4) is 11.4 Å². The molecule has 2 atom stereocenters. The zero-order valence-corrected chi connectivity index (χ0v) is 16.5. The van der Waals surface area contributed by atoms with Gasteiger partial charge in [0.2, 0.25) is 29.4 Å². The summed E-state index contributed by atoms with van der Waals surface area (Å²) in [6.45, 7) is 0.183. The molecular weight excluding hydrogens is 396 g/mol. The zero-order chi connectivity index (χ0) is 20.4. The van der Waals surface area contributed by atoms with E-state index in [4.69, 9.17) is 16.1 Å². The molecule has 2 fully saturated rings. The number of carbonyl (C=O) groups is 3. The SMILES string of the molecule is O=C(CCN1C(=O)C2CCCCC2C1=O)NCc1nc(-c2ccc(Cl)cc2)no1. The molecular formula is C20H21ClN4O4. The minimum atomic E-state index is -0.285. The zero-order valence-electron chi connectivity index (χ0n) is 15.8. The molecule has 8 nitrogen and oxygen atoms in total. The molecule has 29 heavy (non-hydrogen) atoms. The van der Waals surface area contributed by atoms with Gasteiger partial charge in [0, 0.05) is 23.6 Å². The van der Waals surface area contributed by atoms with Gasteiger partial charge in [0.15, 0.2) is 0 Å². The molecule has 1 saturated heterocycles. The highest BCUT2D eigenvalue weighted by molar-refractivity contribution is 6.30. The van der Waals surface area contributed by atoms with Gasteiger partial charge in [-0.25, -0.2) is 0 Å². The molecule has 0 bridgehead atoms. The van der Waals surface area contributed by atoms with Crippen molar-refractivity contribution < 1.29 is 18.9 Å². The third kappa shape index (κ3) is 4.17. The van der Waals surface area contributed by atoms with E-state index in [0.717, 1.165) is 31.2 Å². The topological polar surface area (TPSA) is 105 Å². The van der Waals surface area contributed by atoms with Crippen molar-refractivity contribution in [1.82, 2.24) is 20.4 Å². The molecule has 1 aromatic carbocycles. The van der Waals surface area contributed by atoms with Crippen LogP contribution >= 0.6 is 11.6 Å². The summed E-state index contributed by atoms with van der Waals surface area (Å²) in [6, 6.07) is 7.01. The smallest absolute Gasteiger partial charge is 0.246 e. The molecule has 1 saturated carbocycles. The first-order valence-corrected chi connectivity index (χ1v) is 10.1. The van der Waals surface area contributed by atoms with Gasteiger partial charge in [-0.1, -0.05) is 29.6 Å². The highest BCUT2D eigenvalue weighted by Crippen LogP contribution is 2.37. The molecule has 1 aliphatic carbocycles. The van der Waals surface area contributed by atoms with Crippen LogP contribution in [0.5, 0.6) is 0 Å². The fraction of sp³-hybridized carbons (Fsp3) is 0.450. The largest absolute Gasteiger partial charge is 0.347 e. The van der Waals surface area contributed by atoms with Gasteiger partial charge >= 0.3 is 0 Å². The van der Waals surface area contributed by atoms with Crippen LogP contribution < -0.4 is 5.32 Å². The number of nitrogens with one attached hydrogen (secondary N) is 1. The van der Waals surface area contributed by atoms with E-state index in [2.05, 4.69) is 15.5 Å². The third-order valence-electron chi connectivity index (χ3n) is 5.50. The van der Waals surface area contributed by atoms with Gasteiger partial charge in [-0.3, -0.25) is 19.3 Å². The standard InChI is InChI=1S/C20H21ClN4O4/c21-13-7-5-12(6-8-13)18-23-17(29-24-18)11-22-16(26)9-10-25-19(27)14-3-1-2-4-15(14)20(25)28/h5-8,14-15H,1-4,9-11H2,(H,22,26). The van der Waals surface area contributed by atoms with Crippen LogP contribution in [0.25, 0.3) is 11.4 Å². The van der Waals surface area contributed by atoms with Crippen LogP contribution in [-0.4, -0.2) is 39.3 Å². The van der Waals surface area contributed by atoms with Crippen molar-refractivity contribution >= 4 is 29.3 Å². The van der Waals surface area contributed by atoms with Crippen molar-refractivity contribution in [2.24, 2.45) is 11.8 Å². The number of rotatable bonds is 6. The van der Waals surface area contributed by atoms with Crippen LogP contribution in [0, 0.1) is 11.8 Å². The first-order valence-electron chi connectivity index (χ1n) is 9.73. The summed E-state index contributed by atoms with van der Waals surface area (Å²) in [4.78, 5) is 42.5. The van der Waals surface area contributed by atoms with Gasteiger partial charge in [-0.05, 0) is 37.1 Å². The van der Waals surface area contributed by atoms with Crippen LogP contribution in [-0.2, 0) is 20.9 Å². The van der Waals surface area contributed by atoms with Gasteiger partial charge in [-0.2, -0.15) is 4.98 Å². The Kier molecular flexibility index (Phi) is 5.62. The second-order valence-electron chi connectivity index (χ2n) is 7.37. The predicted octanol–water partition coefficient (Wildman–Crippen LogP) is 2.57. The number of carbonyl (C=O) groups excluding carboxylic acids is 3. The van der Waals surface area contributed by atoms with E-state index in [1.807, 2.05) is 0 Å². The van der Waals surface area contributed by atoms with E-state index in [-0.39, 0.29) is 55.0 Å². The Bertz CT molecular complexity index is 903. The first kappa shape index (κ1) is 19.6. The molecule has 2 aliphatic rings. The molecule has 3 amide bonds. The van der Waals surface area contributed by atoms with Gasteiger partial charge in [-0.15, -0.1) is 0 Å². The van der Waals surface area contributed by atoms with Crippen molar-refractivity contribution in [3.05, 3.63) is 35.2 Å². The fourth-order valence-electron chi connectivity index (χ4n) is 3.97. The average molecular weight is 417 g/mol. The maximum Gasteiger partial charge on any atom is 0.246 e. The summed E-state index contributed by atoms with van der Waals surface area (Å²) in [5.41, 5.74) is 0.753. The summed E-state index contributed by atoms with van der Waals surface area (Å²) in [6.07, 6.45) is 3.55. The molecule has 152 valence electrons. The second kappa shape index (κ2) is 8.32. The summed E-state index contributed by atoms with van der Waals surface area (Å²) in [5, 5.41) is 7.18. The van der Waals surface area contributed by atoms with Gasteiger partial charge in [0.05, 0.1) is 18.4 Å². The monoisotopic (exact) mass is 416 g/mol. The summed E-state index contributed by atoms with van der Waals surface area (Å²) in [5.74, 6) is -0.252. The number of benzene rings is 1. The first-order chi connectivity index (χ1) is 14.0. The van der Waals surface area contributed by atoms with Crippen LogP contribution in [0.4, 0.5) is 0 Å². The molecule has 1 aliphatic heterocycles. The van der Waals surface area contributed by atoms with Crippen molar-refractivity contribution in [2.75, 3.05) is 6.54 Å². The number of hydrogen-bond acceptors (Lipinski definition) is 6. The number of amides is 3. The summed E-state index contributed by atoms with van der Waals surface area (Å²) in [7, 11) is 0. The molecule has 1 N–H and O–H groups in total. The molecule has 0 radical (unpaired) electrons. The van der Waals surface area contributed by atoms with Gasteiger partial charge in [0.1, 0.15) is 0 Å². The number of nitrogens with zero attached hydrogens (tertiary/aromatic N) is 3. The highest BCUT2D eigenvalue weighted by Gasteiger charge is 2.47. The molecule has 2 aromatic rings. The van der Waals surface area contributed by atoms with Crippen LogP contribution in [0.3, 0.4) is 0 Å². The molecule has 9 heteroatoms. The van der Waals surface area contributed by atoms with Crippen LogP contribution in [0.15, 0.2) is 28.8 Å². The Morgan fingerprint density at radius 3 is 2.45 bits per heavy atom. The Labute approximate surface area is 172 Å². The Balaban J connectivity index is 1.27. The maximum absolute atomic E-state index is 12.4. The third-order valence-corrected chi connectivity index (χ3v) is 5.75. The Morgan fingerprint density at radius 1 is 1.14 bits per heavy atom. The lowest BCUT2D eigenvalue weighted by atomic mass is 9.81. The van der Waals surface area contributed by atoms with E-state index in [9.17, 15) is 14.4 Å². The minimum Gasteiger partial charge on any atom is -0.347 e.